The second kappa shape index (κ2) is 4.37. The van der Waals surface area contributed by atoms with E-state index in [1.165, 1.54) is 32.6 Å². The Morgan fingerprint density at radius 1 is 1.45 bits per heavy atom. The first-order valence-electron chi connectivity index (χ1n) is 4.42. The molecule has 0 atom stereocenters. The molecule has 0 amide bonds. The van der Waals surface area contributed by atoms with E-state index >= 15 is 0 Å². The largest absolute Gasteiger partial charge is 0.466 e. The van der Waals surface area contributed by atoms with Crippen molar-refractivity contribution in [1.29, 1.82) is 0 Å². The lowest BCUT2D eigenvalue weighted by atomic mass is 10.1. The van der Waals surface area contributed by atoms with E-state index in [1.807, 2.05) is 0 Å². The molecule has 0 aromatic heterocycles. The van der Waals surface area contributed by atoms with Crippen LogP contribution in [0.5, 0.6) is 0 Å². The van der Waals surface area contributed by atoms with Crippen molar-refractivity contribution in [2.45, 2.75) is 39.0 Å². The summed E-state index contributed by atoms with van der Waals surface area (Å²) in [6, 6.07) is 0. The van der Waals surface area contributed by atoms with Crippen LogP contribution in [0.2, 0.25) is 0 Å². The fraction of sp³-hybridized carbons (Fsp3) is 0.889. The van der Waals surface area contributed by atoms with Gasteiger partial charge in [0.1, 0.15) is 0 Å². The van der Waals surface area contributed by atoms with Crippen LogP contribution in [0.4, 0.5) is 0 Å². The predicted molar refractivity (Wildman–Crippen MR) is 43.2 cm³/mol. The van der Waals surface area contributed by atoms with Crippen molar-refractivity contribution in [3.8, 4) is 0 Å². The van der Waals surface area contributed by atoms with Gasteiger partial charge in [-0.05, 0) is 12.3 Å². The fourth-order valence-corrected chi connectivity index (χ4v) is 1.67. The highest BCUT2D eigenvalue weighted by Gasteiger charge is 2.14. The number of hydrogen-bond donors (Lipinski definition) is 0. The molecule has 0 bridgehead atoms. The molecule has 1 rings (SSSR count). The fourth-order valence-electron chi connectivity index (χ4n) is 1.67. The average molecular weight is 156 g/mol. The normalized spacial score (nSPS) is 18.6. The molecule has 1 saturated carbocycles. The van der Waals surface area contributed by atoms with E-state index in [9.17, 15) is 4.79 Å². The van der Waals surface area contributed by atoms with Crippen molar-refractivity contribution >= 4 is 5.97 Å². The summed E-state index contributed by atoms with van der Waals surface area (Å²) in [6.45, 7) is 2.09. The molecule has 0 spiro atoms. The van der Waals surface area contributed by atoms with Crippen molar-refractivity contribution in [2.75, 3.05) is 6.61 Å². The lowest BCUT2D eigenvalue weighted by Crippen LogP contribution is -2.04. The number of carbonyl (C=O) groups excluding carboxylic acids is 1. The quantitative estimate of drug-likeness (QED) is 0.585. The van der Waals surface area contributed by atoms with Crippen molar-refractivity contribution in [1.82, 2.24) is 0 Å². The molecule has 0 aromatic carbocycles. The maximum Gasteiger partial charge on any atom is 0.302 e. The van der Waals surface area contributed by atoms with Gasteiger partial charge in [-0.2, -0.15) is 0 Å². The Labute approximate surface area is 67.9 Å². The highest BCUT2D eigenvalue weighted by atomic mass is 16.5. The van der Waals surface area contributed by atoms with Crippen LogP contribution in [-0.4, -0.2) is 12.6 Å². The molecule has 1 aliphatic rings. The van der Waals surface area contributed by atoms with Gasteiger partial charge in [-0.3, -0.25) is 4.79 Å². The Morgan fingerprint density at radius 2 is 2.09 bits per heavy atom. The Morgan fingerprint density at radius 3 is 2.64 bits per heavy atom. The first-order valence-corrected chi connectivity index (χ1v) is 4.42. The lowest BCUT2D eigenvalue weighted by Gasteiger charge is -2.07. The van der Waals surface area contributed by atoms with Crippen molar-refractivity contribution in [2.24, 2.45) is 5.92 Å². The van der Waals surface area contributed by atoms with Crippen LogP contribution in [0.15, 0.2) is 0 Å². The molecule has 1 fully saturated rings. The molecular weight excluding hydrogens is 140 g/mol. The summed E-state index contributed by atoms with van der Waals surface area (Å²) in [5, 5.41) is 0. The van der Waals surface area contributed by atoms with Gasteiger partial charge in [-0.1, -0.05) is 25.7 Å². The molecule has 11 heavy (non-hydrogen) atoms. The van der Waals surface area contributed by atoms with Gasteiger partial charge in [0.25, 0.3) is 0 Å². The summed E-state index contributed by atoms with van der Waals surface area (Å²) < 4.78 is 4.86. The zero-order chi connectivity index (χ0) is 8.10. The van der Waals surface area contributed by atoms with Gasteiger partial charge >= 0.3 is 5.97 Å². The zero-order valence-electron chi connectivity index (χ0n) is 7.14. The summed E-state index contributed by atoms with van der Waals surface area (Å²) in [4.78, 5) is 10.4. The molecule has 0 aliphatic heterocycles. The van der Waals surface area contributed by atoms with Gasteiger partial charge in [-0.15, -0.1) is 0 Å². The summed E-state index contributed by atoms with van der Waals surface area (Å²) in [5.74, 6) is 0.678. The first kappa shape index (κ1) is 8.57. The summed E-state index contributed by atoms with van der Waals surface area (Å²) >= 11 is 0. The van der Waals surface area contributed by atoms with Gasteiger partial charge in [-0.25, -0.2) is 0 Å². The van der Waals surface area contributed by atoms with Gasteiger partial charge in [0.15, 0.2) is 0 Å². The molecule has 2 nitrogen and oxygen atoms in total. The van der Waals surface area contributed by atoms with E-state index < -0.39 is 0 Å². The lowest BCUT2D eigenvalue weighted by molar-refractivity contribution is -0.141. The van der Waals surface area contributed by atoms with Crippen LogP contribution in [0.25, 0.3) is 0 Å². The van der Waals surface area contributed by atoms with Gasteiger partial charge in [0.05, 0.1) is 6.61 Å². The second-order valence-electron chi connectivity index (χ2n) is 3.28. The third kappa shape index (κ3) is 3.40. The van der Waals surface area contributed by atoms with Crippen LogP contribution in [0.3, 0.4) is 0 Å². The molecule has 0 radical (unpaired) electrons. The van der Waals surface area contributed by atoms with Crippen LogP contribution < -0.4 is 0 Å². The third-order valence-corrected chi connectivity index (χ3v) is 2.31. The van der Waals surface area contributed by atoms with Crippen LogP contribution >= 0.6 is 0 Å². The third-order valence-electron chi connectivity index (χ3n) is 2.31. The Hall–Kier alpha value is -0.530. The average Bonchev–Trinajstić information content (AvgIpc) is 2.39. The standard InChI is InChI=1S/C9H16O2/c1-8(10)11-7-6-9-4-2-3-5-9/h9H,2-7H2,1H3. The Balaban J connectivity index is 1.98. The van der Waals surface area contributed by atoms with Gasteiger partial charge in [0.2, 0.25) is 0 Å². The minimum absolute atomic E-state index is 0.150. The summed E-state index contributed by atoms with van der Waals surface area (Å²) in [6.07, 6.45) is 6.47. The minimum Gasteiger partial charge on any atom is -0.466 e. The van der Waals surface area contributed by atoms with Crippen LogP contribution in [-0.2, 0) is 9.53 Å². The summed E-state index contributed by atoms with van der Waals surface area (Å²) in [5.41, 5.74) is 0. The molecule has 2 heteroatoms. The van der Waals surface area contributed by atoms with E-state index in [2.05, 4.69) is 0 Å². The van der Waals surface area contributed by atoms with Crippen molar-refractivity contribution < 1.29 is 9.53 Å². The van der Waals surface area contributed by atoms with Gasteiger partial charge in [0, 0.05) is 6.92 Å². The number of ether oxygens (including phenoxy) is 1. The van der Waals surface area contributed by atoms with E-state index in [4.69, 9.17) is 4.74 Å². The number of carbonyl (C=O) groups is 1. The van der Waals surface area contributed by atoms with Crippen molar-refractivity contribution in [3.63, 3.8) is 0 Å². The van der Waals surface area contributed by atoms with E-state index in [-0.39, 0.29) is 5.97 Å². The number of esters is 1. The van der Waals surface area contributed by atoms with E-state index in [0.29, 0.717) is 6.61 Å². The van der Waals surface area contributed by atoms with Crippen LogP contribution in [0, 0.1) is 5.92 Å². The maximum atomic E-state index is 10.4. The number of rotatable bonds is 3. The highest BCUT2D eigenvalue weighted by Crippen LogP contribution is 2.27. The summed E-state index contributed by atoms with van der Waals surface area (Å²) in [7, 11) is 0. The predicted octanol–water partition coefficient (Wildman–Crippen LogP) is 2.13. The first-order chi connectivity index (χ1) is 5.29. The SMILES string of the molecule is CC(=O)OCCC1CCCC1. The zero-order valence-corrected chi connectivity index (χ0v) is 7.14. The second-order valence-corrected chi connectivity index (χ2v) is 3.28. The molecule has 0 aromatic rings. The number of hydrogen-bond acceptors (Lipinski definition) is 2. The molecular formula is C9H16O2. The van der Waals surface area contributed by atoms with Crippen LogP contribution in [0.1, 0.15) is 39.0 Å². The smallest absolute Gasteiger partial charge is 0.302 e. The topological polar surface area (TPSA) is 26.3 Å². The molecule has 0 unspecified atom stereocenters. The maximum absolute atomic E-state index is 10.4. The molecule has 0 N–H and O–H groups in total. The van der Waals surface area contributed by atoms with E-state index in [1.54, 1.807) is 0 Å². The monoisotopic (exact) mass is 156 g/mol. The minimum atomic E-state index is -0.150. The molecule has 64 valence electrons. The molecule has 0 saturated heterocycles. The van der Waals surface area contributed by atoms with Crippen molar-refractivity contribution in [3.05, 3.63) is 0 Å². The highest BCUT2D eigenvalue weighted by molar-refractivity contribution is 5.65. The molecule has 1 aliphatic carbocycles. The Kier molecular flexibility index (Phi) is 3.40. The van der Waals surface area contributed by atoms with E-state index in [0.717, 1.165) is 12.3 Å². The van der Waals surface area contributed by atoms with Gasteiger partial charge < -0.3 is 4.74 Å². The molecule has 0 heterocycles. The Bertz CT molecular complexity index is 126.